The lowest BCUT2D eigenvalue weighted by Gasteiger charge is -2.11. The number of hydrogen-bond donors (Lipinski definition) is 2. The maximum atomic E-state index is 11.2. The van der Waals surface area contributed by atoms with Crippen molar-refractivity contribution < 1.29 is 19.1 Å². The first kappa shape index (κ1) is 13.0. The number of hydrogen-bond acceptors (Lipinski definition) is 4. The monoisotopic (exact) mass is 314 g/mol. The first-order valence-electron chi connectivity index (χ1n) is 5.14. The van der Waals surface area contributed by atoms with E-state index in [1.54, 1.807) is 18.2 Å². The van der Waals surface area contributed by atoms with E-state index in [4.69, 9.17) is 20.9 Å². The minimum absolute atomic E-state index is 0.660. The second kappa shape index (κ2) is 5.05. The van der Waals surface area contributed by atoms with Crippen LogP contribution >= 0.6 is 15.9 Å². The second-order valence-electron chi connectivity index (χ2n) is 3.77. The summed E-state index contributed by atoms with van der Waals surface area (Å²) in [5.41, 5.74) is 10.9. The van der Waals surface area contributed by atoms with E-state index in [-0.39, 0.29) is 0 Å². The summed E-state index contributed by atoms with van der Waals surface area (Å²) in [6.45, 7) is 0. The van der Waals surface area contributed by atoms with Crippen LogP contribution in [0.4, 0.5) is 0 Å². The topological polar surface area (TPSA) is 105 Å². The predicted molar refractivity (Wildman–Crippen MR) is 65.0 cm³/mol. The number of primary amides is 2. The van der Waals surface area contributed by atoms with Gasteiger partial charge in [0.25, 0.3) is 0 Å². The second-order valence-corrected chi connectivity index (χ2v) is 4.63. The molecule has 1 aliphatic rings. The van der Waals surface area contributed by atoms with Crippen LogP contribution in [0.15, 0.2) is 28.7 Å². The van der Waals surface area contributed by atoms with Crippen molar-refractivity contribution in [3.8, 4) is 0 Å². The summed E-state index contributed by atoms with van der Waals surface area (Å²) < 4.78 is 11.4. The Morgan fingerprint density at radius 1 is 1.06 bits per heavy atom. The van der Waals surface area contributed by atoms with Crippen molar-refractivity contribution >= 4 is 27.7 Å². The van der Waals surface area contributed by atoms with Crippen LogP contribution in [0.1, 0.15) is 11.9 Å². The Balaban J connectivity index is 2.26. The van der Waals surface area contributed by atoms with Gasteiger partial charge in [0, 0.05) is 10.0 Å². The van der Waals surface area contributed by atoms with Gasteiger partial charge in [-0.3, -0.25) is 9.59 Å². The average molecular weight is 315 g/mol. The van der Waals surface area contributed by atoms with E-state index < -0.39 is 30.3 Å². The van der Waals surface area contributed by atoms with Gasteiger partial charge in [-0.15, -0.1) is 0 Å². The van der Waals surface area contributed by atoms with E-state index >= 15 is 0 Å². The maximum Gasteiger partial charge on any atom is 0.249 e. The standard InChI is InChI=1S/C11H11BrN2O4/c12-6-4-2-1-3-5(6)11-17-7(9(13)15)8(18-11)10(14)16/h1-4,7-8,11H,(H2,13,15)(H2,14,16)/t7-,8-/m0/s1. The number of benzene rings is 1. The molecule has 0 aliphatic carbocycles. The number of carbonyl (C=O) groups excluding carboxylic acids is 2. The number of halogens is 1. The third-order valence-electron chi connectivity index (χ3n) is 2.54. The zero-order chi connectivity index (χ0) is 13.3. The number of nitrogens with two attached hydrogens (primary N) is 2. The fourth-order valence-electron chi connectivity index (χ4n) is 1.69. The SMILES string of the molecule is NC(=O)[C@H]1OC(c2ccccc2Br)O[C@@H]1C(N)=O. The van der Waals surface area contributed by atoms with Crippen molar-refractivity contribution in [2.75, 3.05) is 0 Å². The highest BCUT2D eigenvalue weighted by atomic mass is 79.9. The predicted octanol–water partition coefficient (Wildman–Crippen LogP) is 0.202. The van der Waals surface area contributed by atoms with Crippen LogP contribution < -0.4 is 11.5 Å². The Morgan fingerprint density at radius 3 is 2.00 bits per heavy atom. The van der Waals surface area contributed by atoms with Crippen LogP contribution in [0.2, 0.25) is 0 Å². The Bertz CT molecular complexity index is 472. The summed E-state index contributed by atoms with van der Waals surface area (Å²) in [7, 11) is 0. The molecule has 6 nitrogen and oxygen atoms in total. The molecule has 7 heteroatoms. The van der Waals surface area contributed by atoms with Gasteiger partial charge in [-0.25, -0.2) is 0 Å². The molecule has 1 aromatic carbocycles. The molecule has 1 aromatic rings. The third kappa shape index (κ3) is 2.38. The lowest BCUT2D eigenvalue weighted by molar-refractivity contribution is -0.133. The molecule has 0 saturated carbocycles. The summed E-state index contributed by atoms with van der Waals surface area (Å²) in [6.07, 6.45) is -3.19. The van der Waals surface area contributed by atoms with Gasteiger partial charge in [0.15, 0.2) is 18.5 Å². The molecule has 2 atom stereocenters. The van der Waals surface area contributed by atoms with Crippen molar-refractivity contribution in [1.82, 2.24) is 0 Å². The highest BCUT2D eigenvalue weighted by molar-refractivity contribution is 9.10. The van der Waals surface area contributed by atoms with Crippen LogP contribution in [-0.4, -0.2) is 24.0 Å². The van der Waals surface area contributed by atoms with Crippen molar-refractivity contribution in [2.45, 2.75) is 18.5 Å². The molecule has 0 radical (unpaired) electrons. The fraction of sp³-hybridized carbons (Fsp3) is 0.273. The normalized spacial score (nSPS) is 24.1. The van der Waals surface area contributed by atoms with Crippen molar-refractivity contribution in [1.29, 1.82) is 0 Å². The third-order valence-corrected chi connectivity index (χ3v) is 3.26. The van der Waals surface area contributed by atoms with Gasteiger partial charge in [-0.05, 0) is 6.07 Å². The largest absolute Gasteiger partial charge is 0.367 e. The summed E-state index contributed by atoms with van der Waals surface area (Å²) in [6, 6.07) is 7.14. The van der Waals surface area contributed by atoms with Crippen molar-refractivity contribution in [2.24, 2.45) is 11.5 Å². The summed E-state index contributed by atoms with van der Waals surface area (Å²) >= 11 is 3.33. The zero-order valence-electron chi connectivity index (χ0n) is 9.21. The van der Waals surface area contributed by atoms with Crippen LogP contribution in [0, 0.1) is 0 Å². The molecule has 0 unspecified atom stereocenters. The first-order chi connectivity index (χ1) is 8.50. The van der Waals surface area contributed by atoms with Crippen LogP contribution in [0.5, 0.6) is 0 Å². The van der Waals surface area contributed by atoms with Crippen LogP contribution in [0.25, 0.3) is 0 Å². The number of rotatable bonds is 3. The Hall–Kier alpha value is -1.44. The molecule has 1 saturated heterocycles. The molecular formula is C11H11BrN2O4. The first-order valence-corrected chi connectivity index (χ1v) is 5.94. The lowest BCUT2D eigenvalue weighted by atomic mass is 10.2. The molecule has 0 spiro atoms. The minimum atomic E-state index is -1.17. The summed E-state index contributed by atoms with van der Waals surface area (Å²) in [4.78, 5) is 22.4. The van der Waals surface area contributed by atoms with Crippen molar-refractivity contribution in [3.63, 3.8) is 0 Å². The van der Waals surface area contributed by atoms with Gasteiger partial charge in [0.1, 0.15) is 0 Å². The molecule has 2 amide bonds. The van der Waals surface area contributed by atoms with Gasteiger partial charge < -0.3 is 20.9 Å². The fourth-order valence-corrected chi connectivity index (χ4v) is 2.16. The van der Waals surface area contributed by atoms with Crippen LogP contribution in [0.3, 0.4) is 0 Å². The minimum Gasteiger partial charge on any atom is -0.367 e. The summed E-state index contributed by atoms with van der Waals surface area (Å²) in [5.74, 6) is -1.57. The number of amides is 2. The molecule has 18 heavy (non-hydrogen) atoms. The zero-order valence-corrected chi connectivity index (χ0v) is 10.8. The molecule has 0 aromatic heterocycles. The molecule has 96 valence electrons. The highest BCUT2D eigenvalue weighted by Gasteiger charge is 2.44. The molecule has 4 N–H and O–H groups in total. The number of carbonyl (C=O) groups is 2. The molecule has 1 fully saturated rings. The van der Waals surface area contributed by atoms with E-state index in [2.05, 4.69) is 15.9 Å². The van der Waals surface area contributed by atoms with Crippen molar-refractivity contribution in [3.05, 3.63) is 34.3 Å². The molecule has 2 rings (SSSR count). The summed E-state index contributed by atoms with van der Waals surface area (Å²) in [5, 5.41) is 0. The van der Waals surface area contributed by atoms with E-state index in [0.717, 1.165) is 4.47 Å². The molecular weight excluding hydrogens is 304 g/mol. The van der Waals surface area contributed by atoms with E-state index in [1.807, 2.05) is 6.07 Å². The smallest absolute Gasteiger partial charge is 0.249 e. The van der Waals surface area contributed by atoms with Gasteiger partial charge in [0.05, 0.1) is 0 Å². The van der Waals surface area contributed by atoms with E-state index in [9.17, 15) is 9.59 Å². The van der Waals surface area contributed by atoms with E-state index in [0.29, 0.717) is 5.56 Å². The van der Waals surface area contributed by atoms with Gasteiger partial charge in [-0.1, -0.05) is 34.1 Å². The lowest BCUT2D eigenvalue weighted by Crippen LogP contribution is -2.44. The Kier molecular flexibility index (Phi) is 3.65. The van der Waals surface area contributed by atoms with E-state index in [1.165, 1.54) is 0 Å². The van der Waals surface area contributed by atoms with Crippen LogP contribution in [-0.2, 0) is 19.1 Å². The van der Waals surface area contributed by atoms with Gasteiger partial charge in [-0.2, -0.15) is 0 Å². The Morgan fingerprint density at radius 2 is 1.56 bits per heavy atom. The number of ether oxygens (including phenoxy) is 2. The maximum absolute atomic E-state index is 11.2. The highest BCUT2D eigenvalue weighted by Crippen LogP contribution is 2.34. The van der Waals surface area contributed by atoms with Gasteiger partial charge >= 0.3 is 0 Å². The quantitative estimate of drug-likeness (QED) is 0.831. The van der Waals surface area contributed by atoms with Gasteiger partial charge in [0.2, 0.25) is 11.8 Å². The average Bonchev–Trinajstić information content (AvgIpc) is 2.74. The molecule has 1 heterocycles. The Labute approximate surface area is 111 Å². The molecule has 1 aliphatic heterocycles. The molecule has 0 bridgehead atoms.